The quantitative estimate of drug-likeness (QED) is 0.619. The number of benzene rings is 1. The van der Waals surface area contributed by atoms with Crippen LogP contribution in [0.25, 0.3) is 0 Å². The fourth-order valence-electron chi connectivity index (χ4n) is 1.23. The van der Waals surface area contributed by atoms with Crippen molar-refractivity contribution in [3.8, 4) is 11.5 Å². The third-order valence-electron chi connectivity index (χ3n) is 1.81. The van der Waals surface area contributed by atoms with E-state index in [1.165, 1.54) is 10.4 Å². The molecule has 0 aliphatic heterocycles. The van der Waals surface area contributed by atoms with Gasteiger partial charge in [-0.25, -0.2) is 0 Å². The fourth-order valence-corrected chi connectivity index (χ4v) is 1.23. The molecule has 2 aliphatic rings. The Hall–Kier alpha value is -1.18. The molecule has 2 aliphatic carbocycles. The van der Waals surface area contributed by atoms with Crippen LogP contribution >= 0.6 is 0 Å². The Balaban J connectivity index is 2.55. The molecule has 0 aromatic heterocycles. The van der Waals surface area contributed by atoms with Gasteiger partial charge in [-0.05, 0) is 12.1 Å². The monoisotopic (exact) mass is 136 g/mol. The Kier molecular flexibility index (Phi) is 0.926. The van der Waals surface area contributed by atoms with Crippen LogP contribution in [0.3, 0.4) is 0 Å². The third-order valence-corrected chi connectivity index (χ3v) is 1.81. The summed E-state index contributed by atoms with van der Waals surface area (Å²) in [6, 6.07) is 4.05. The fraction of sp³-hybridized carbons (Fsp3) is 0.250. The van der Waals surface area contributed by atoms with E-state index in [4.69, 9.17) is 9.47 Å². The summed E-state index contributed by atoms with van der Waals surface area (Å²) in [4.78, 5) is 0. The minimum atomic E-state index is 0.889. The summed E-state index contributed by atoms with van der Waals surface area (Å²) >= 11 is 0. The van der Waals surface area contributed by atoms with E-state index in [0.29, 0.717) is 0 Å². The molecule has 0 amide bonds. The van der Waals surface area contributed by atoms with E-state index in [1.807, 2.05) is 12.1 Å². The number of ether oxygens (including phenoxy) is 2. The van der Waals surface area contributed by atoms with Gasteiger partial charge in [0.05, 0.1) is 14.2 Å². The summed E-state index contributed by atoms with van der Waals surface area (Å²) < 4.78 is 10.1. The highest BCUT2D eigenvalue weighted by atomic mass is 16.5. The van der Waals surface area contributed by atoms with Gasteiger partial charge < -0.3 is 9.47 Å². The molecule has 0 spiro atoms. The van der Waals surface area contributed by atoms with Crippen LogP contribution in [-0.4, -0.2) is 14.2 Å². The second-order valence-electron chi connectivity index (χ2n) is 2.23. The highest BCUT2D eigenvalue weighted by molar-refractivity contribution is 5.53. The Bertz CT molecular complexity index is 319. The van der Waals surface area contributed by atoms with Crippen molar-refractivity contribution < 1.29 is 9.47 Å². The highest BCUT2D eigenvalue weighted by Crippen LogP contribution is 2.38. The lowest BCUT2D eigenvalue weighted by Crippen LogP contribution is -2.00. The van der Waals surface area contributed by atoms with Crippen molar-refractivity contribution in [2.75, 3.05) is 14.2 Å². The molecule has 0 aromatic carbocycles. The van der Waals surface area contributed by atoms with Crippen LogP contribution < -0.4 is 9.47 Å². The van der Waals surface area contributed by atoms with E-state index >= 15 is 0 Å². The van der Waals surface area contributed by atoms with Gasteiger partial charge >= 0.3 is 0 Å². The van der Waals surface area contributed by atoms with Gasteiger partial charge in [-0.15, -0.1) is 0 Å². The second-order valence-corrected chi connectivity index (χ2v) is 2.23. The summed E-state index contributed by atoms with van der Waals surface area (Å²) in [5.74, 6) is 1.78. The van der Waals surface area contributed by atoms with E-state index in [0.717, 1.165) is 11.5 Å². The lowest BCUT2D eigenvalue weighted by molar-refractivity contribution is 0.341. The molecule has 52 valence electrons. The minimum absolute atomic E-state index is 0.889. The maximum Gasteiger partial charge on any atom is 0.169 e. The van der Waals surface area contributed by atoms with Gasteiger partial charge in [-0.2, -0.15) is 0 Å². The first-order chi connectivity index (χ1) is 4.88. The Morgan fingerprint density at radius 3 is 1.50 bits per heavy atom. The van der Waals surface area contributed by atoms with Crippen molar-refractivity contribution in [3.63, 3.8) is 0 Å². The van der Waals surface area contributed by atoms with Crippen LogP contribution in [0.1, 0.15) is 0 Å². The largest absolute Gasteiger partial charge is 0.492 e. The van der Waals surface area contributed by atoms with E-state index in [1.54, 1.807) is 14.2 Å². The second kappa shape index (κ2) is 1.66. The van der Waals surface area contributed by atoms with Crippen LogP contribution in [-0.2, 0) is 0 Å². The summed E-state index contributed by atoms with van der Waals surface area (Å²) in [5.41, 5.74) is 0. The predicted molar refractivity (Wildman–Crippen MR) is 37.2 cm³/mol. The summed E-state index contributed by atoms with van der Waals surface area (Å²) in [7, 11) is 3.31. The summed E-state index contributed by atoms with van der Waals surface area (Å²) in [5, 5.41) is 2.39. The SMILES string of the molecule is COc1c(OC)c2ccc1=2. The molecular weight excluding hydrogens is 128 g/mol. The highest BCUT2D eigenvalue weighted by Gasteiger charge is 2.16. The van der Waals surface area contributed by atoms with Crippen molar-refractivity contribution >= 4 is 0 Å². The first-order valence-electron chi connectivity index (χ1n) is 3.14. The van der Waals surface area contributed by atoms with Gasteiger partial charge in [-0.3, -0.25) is 0 Å². The molecule has 10 heavy (non-hydrogen) atoms. The van der Waals surface area contributed by atoms with Gasteiger partial charge in [0.25, 0.3) is 0 Å². The summed E-state index contributed by atoms with van der Waals surface area (Å²) in [6.45, 7) is 0. The zero-order valence-corrected chi connectivity index (χ0v) is 5.97. The molecule has 2 heteroatoms. The average Bonchev–Trinajstić information content (AvgIpc) is 1.92. The number of hydrogen-bond donors (Lipinski definition) is 0. The molecule has 0 fully saturated rings. The number of methoxy groups -OCH3 is 2. The minimum Gasteiger partial charge on any atom is -0.492 e. The zero-order chi connectivity index (χ0) is 7.14. The zero-order valence-electron chi connectivity index (χ0n) is 5.97. The average molecular weight is 136 g/mol. The van der Waals surface area contributed by atoms with Crippen molar-refractivity contribution in [2.24, 2.45) is 0 Å². The van der Waals surface area contributed by atoms with Gasteiger partial charge in [0, 0.05) is 10.4 Å². The molecular formula is C8H8O2. The van der Waals surface area contributed by atoms with E-state index < -0.39 is 0 Å². The molecule has 0 aromatic rings. The number of hydrogen-bond acceptors (Lipinski definition) is 2. The maximum atomic E-state index is 5.07. The van der Waals surface area contributed by atoms with Crippen molar-refractivity contribution in [3.05, 3.63) is 22.6 Å². The van der Waals surface area contributed by atoms with Crippen molar-refractivity contribution in [1.29, 1.82) is 0 Å². The molecule has 0 saturated heterocycles. The standard InChI is InChI=1S/C8H8O2/c1-9-7-5-3-4-6(5)8(7)10-2/h3-4H,1-2H3. The first-order valence-corrected chi connectivity index (χ1v) is 3.14. The van der Waals surface area contributed by atoms with Crippen LogP contribution in [0.15, 0.2) is 12.1 Å². The van der Waals surface area contributed by atoms with E-state index in [-0.39, 0.29) is 0 Å². The molecule has 0 radical (unpaired) electrons. The van der Waals surface area contributed by atoms with Crippen LogP contribution in [0.4, 0.5) is 0 Å². The molecule has 0 saturated carbocycles. The van der Waals surface area contributed by atoms with Crippen molar-refractivity contribution in [2.45, 2.75) is 0 Å². The lowest BCUT2D eigenvalue weighted by Gasteiger charge is -2.16. The van der Waals surface area contributed by atoms with Crippen LogP contribution in [0.2, 0.25) is 0 Å². The molecule has 0 heterocycles. The number of rotatable bonds is 2. The predicted octanol–water partition coefficient (Wildman–Crippen LogP) is 1.30. The Morgan fingerprint density at radius 2 is 1.30 bits per heavy atom. The normalized spacial score (nSPS) is 11.0. The van der Waals surface area contributed by atoms with E-state index in [9.17, 15) is 0 Å². The molecule has 0 N–H and O–H groups in total. The topological polar surface area (TPSA) is 18.5 Å². The molecule has 2 rings (SSSR count). The van der Waals surface area contributed by atoms with Crippen molar-refractivity contribution in [1.82, 2.24) is 0 Å². The molecule has 0 bridgehead atoms. The van der Waals surface area contributed by atoms with E-state index in [2.05, 4.69) is 0 Å². The van der Waals surface area contributed by atoms with Crippen LogP contribution in [0, 0.1) is 10.4 Å². The Labute approximate surface area is 58.7 Å². The smallest absolute Gasteiger partial charge is 0.169 e. The lowest BCUT2D eigenvalue weighted by atomic mass is 10.0. The maximum absolute atomic E-state index is 5.07. The van der Waals surface area contributed by atoms with Crippen LogP contribution in [0.5, 0.6) is 11.5 Å². The van der Waals surface area contributed by atoms with Gasteiger partial charge in [0.15, 0.2) is 11.5 Å². The van der Waals surface area contributed by atoms with Gasteiger partial charge in [0.1, 0.15) is 0 Å². The summed E-state index contributed by atoms with van der Waals surface area (Å²) in [6.07, 6.45) is 0. The van der Waals surface area contributed by atoms with Gasteiger partial charge in [-0.1, -0.05) is 0 Å². The Morgan fingerprint density at radius 1 is 0.900 bits per heavy atom. The molecule has 0 unspecified atom stereocenters. The van der Waals surface area contributed by atoms with Gasteiger partial charge in [0.2, 0.25) is 0 Å². The third kappa shape index (κ3) is 0.407. The molecule has 0 atom stereocenters. The first kappa shape index (κ1) is 5.59. The molecule has 2 nitrogen and oxygen atoms in total.